The van der Waals surface area contributed by atoms with Crippen LogP contribution < -0.4 is 9.62 Å². The number of carbonyl (C=O) groups is 3. The highest BCUT2D eigenvalue weighted by Crippen LogP contribution is 2.34. The molecule has 0 radical (unpaired) electrons. The van der Waals surface area contributed by atoms with Crippen LogP contribution >= 0.6 is 0 Å². The first-order valence-corrected chi connectivity index (χ1v) is 12.7. The molecular weight excluding hydrogens is 466 g/mol. The fourth-order valence-electron chi connectivity index (χ4n) is 4.45. The average Bonchev–Trinajstić information content (AvgIpc) is 3.08. The Hall–Kier alpha value is -3.98. The number of carbonyl (C=O) groups excluding carboxylic acids is 3. The molecule has 0 spiro atoms. The van der Waals surface area contributed by atoms with Crippen molar-refractivity contribution in [3.05, 3.63) is 89.0 Å². The zero-order valence-electron chi connectivity index (χ0n) is 19.0. The third-order valence-corrected chi connectivity index (χ3v) is 8.06. The number of hydrogen-bond donors (Lipinski definition) is 1. The summed E-state index contributed by atoms with van der Waals surface area (Å²) in [6.45, 7) is 1.86. The molecule has 0 aliphatic carbocycles. The van der Waals surface area contributed by atoms with Crippen LogP contribution in [0.5, 0.6) is 0 Å². The summed E-state index contributed by atoms with van der Waals surface area (Å²) < 4.78 is 27.9. The Morgan fingerprint density at radius 1 is 0.943 bits per heavy atom. The fourth-order valence-corrected chi connectivity index (χ4v) is 6.00. The number of nitrogens with zero attached hydrogens (tertiary/aromatic N) is 2. The second-order valence-corrected chi connectivity index (χ2v) is 10.5. The number of imide groups is 1. The van der Waals surface area contributed by atoms with Gasteiger partial charge in [-0.3, -0.25) is 23.6 Å². The van der Waals surface area contributed by atoms with Crippen molar-refractivity contribution < 1.29 is 22.8 Å². The van der Waals surface area contributed by atoms with Crippen molar-refractivity contribution in [2.45, 2.75) is 24.7 Å². The van der Waals surface area contributed by atoms with Crippen molar-refractivity contribution in [3.63, 3.8) is 0 Å². The van der Waals surface area contributed by atoms with Gasteiger partial charge in [0.25, 0.3) is 21.8 Å². The molecule has 0 atom stereocenters. The van der Waals surface area contributed by atoms with Crippen LogP contribution in [0.4, 0.5) is 11.4 Å². The molecule has 9 heteroatoms. The van der Waals surface area contributed by atoms with Gasteiger partial charge in [0, 0.05) is 12.2 Å². The Bertz CT molecular complexity index is 1430. The first-order valence-electron chi connectivity index (χ1n) is 11.2. The highest BCUT2D eigenvalue weighted by atomic mass is 32.2. The zero-order chi connectivity index (χ0) is 24.7. The monoisotopic (exact) mass is 489 g/mol. The van der Waals surface area contributed by atoms with E-state index in [0.29, 0.717) is 30.8 Å². The van der Waals surface area contributed by atoms with Gasteiger partial charge < -0.3 is 5.32 Å². The summed E-state index contributed by atoms with van der Waals surface area (Å²) in [5.74, 6) is -1.51. The minimum atomic E-state index is -3.72. The maximum Gasteiger partial charge on any atom is 0.264 e. The summed E-state index contributed by atoms with van der Waals surface area (Å²) in [5, 5.41) is 2.73. The van der Waals surface area contributed by atoms with E-state index in [2.05, 4.69) is 5.32 Å². The summed E-state index contributed by atoms with van der Waals surface area (Å²) in [6.07, 6.45) is 1.31. The van der Waals surface area contributed by atoms with Gasteiger partial charge in [-0.25, -0.2) is 8.42 Å². The Kier molecular flexibility index (Phi) is 5.64. The number of nitrogens with one attached hydrogen (secondary N) is 1. The predicted octanol–water partition coefficient (Wildman–Crippen LogP) is 3.37. The number of amides is 3. The number of anilines is 2. The van der Waals surface area contributed by atoms with Crippen LogP contribution in [0.25, 0.3) is 0 Å². The summed E-state index contributed by atoms with van der Waals surface area (Å²) in [4.78, 5) is 38.8. The van der Waals surface area contributed by atoms with Crippen LogP contribution in [0.3, 0.4) is 0 Å². The molecule has 2 aliphatic heterocycles. The maximum absolute atomic E-state index is 13.3. The molecule has 8 nitrogen and oxygen atoms in total. The molecule has 3 aromatic rings. The minimum absolute atomic E-state index is 0.231. The second-order valence-electron chi connectivity index (χ2n) is 8.63. The van der Waals surface area contributed by atoms with Gasteiger partial charge in [-0.1, -0.05) is 29.8 Å². The predicted molar refractivity (Wildman–Crippen MR) is 131 cm³/mol. The molecular formula is C26H23N3O5S. The summed E-state index contributed by atoms with van der Waals surface area (Å²) in [5.41, 5.74) is 3.40. The zero-order valence-corrected chi connectivity index (χ0v) is 19.8. The normalized spacial score (nSPS) is 15.1. The molecule has 0 saturated carbocycles. The summed E-state index contributed by atoms with van der Waals surface area (Å²) in [7, 11) is -3.72. The molecule has 0 saturated heterocycles. The Labute approximate surface area is 203 Å². The van der Waals surface area contributed by atoms with Crippen molar-refractivity contribution >= 4 is 39.1 Å². The highest BCUT2D eigenvalue weighted by Gasteiger charge is 2.36. The van der Waals surface area contributed by atoms with Gasteiger partial charge in [0.2, 0.25) is 5.91 Å². The number of fused-ring (bicyclic) bond motifs is 2. The molecule has 0 aromatic heterocycles. The average molecular weight is 490 g/mol. The Balaban J connectivity index is 1.33. The summed E-state index contributed by atoms with van der Waals surface area (Å²) >= 11 is 0. The van der Waals surface area contributed by atoms with E-state index in [4.69, 9.17) is 0 Å². The van der Waals surface area contributed by atoms with Crippen molar-refractivity contribution in [2.24, 2.45) is 0 Å². The molecule has 3 aromatic carbocycles. The molecule has 3 amide bonds. The molecule has 2 heterocycles. The lowest BCUT2D eigenvalue weighted by molar-refractivity contribution is -0.116. The third-order valence-electron chi connectivity index (χ3n) is 6.23. The molecule has 178 valence electrons. The van der Waals surface area contributed by atoms with E-state index in [1.807, 2.05) is 6.92 Å². The van der Waals surface area contributed by atoms with E-state index in [0.717, 1.165) is 16.0 Å². The lowest BCUT2D eigenvalue weighted by Gasteiger charge is -2.31. The van der Waals surface area contributed by atoms with Crippen LogP contribution in [0.1, 0.15) is 38.3 Å². The number of aryl methyl sites for hydroxylation is 2. The first kappa shape index (κ1) is 22.8. The quantitative estimate of drug-likeness (QED) is 0.554. The van der Waals surface area contributed by atoms with E-state index < -0.39 is 34.3 Å². The number of sulfonamides is 1. The van der Waals surface area contributed by atoms with Crippen LogP contribution in [0.2, 0.25) is 0 Å². The molecule has 1 N–H and O–H groups in total. The van der Waals surface area contributed by atoms with Gasteiger partial charge in [0.1, 0.15) is 6.54 Å². The van der Waals surface area contributed by atoms with Crippen LogP contribution in [-0.4, -0.2) is 44.1 Å². The topological polar surface area (TPSA) is 104 Å². The third kappa shape index (κ3) is 4.08. The SMILES string of the molecule is Cc1ccc(S(=O)(=O)N2CCCc3cc(NC(=O)CN4C(=O)c5ccccc5C4=O)ccc32)cc1. The van der Waals surface area contributed by atoms with Gasteiger partial charge in [-0.05, 0) is 67.8 Å². The van der Waals surface area contributed by atoms with Gasteiger partial charge >= 0.3 is 0 Å². The molecule has 2 aliphatic rings. The second kappa shape index (κ2) is 8.66. The molecule has 0 unspecified atom stereocenters. The number of hydrogen-bond acceptors (Lipinski definition) is 5. The lowest BCUT2D eigenvalue weighted by Crippen LogP contribution is -2.37. The largest absolute Gasteiger partial charge is 0.325 e. The first-order chi connectivity index (χ1) is 16.8. The van der Waals surface area contributed by atoms with E-state index in [9.17, 15) is 22.8 Å². The van der Waals surface area contributed by atoms with E-state index in [-0.39, 0.29) is 16.0 Å². The molecule has 5 rings (SSSR count). The maximum atomic E-state index is 13.3. The highest BCUT2D eigenvalue weighted by molar-refractivity contribution is 7.92. The van der Waals surface area contributed by atoms with Crippen LogP contribution in [0.15, 0.2) is 71.6 Å². The Morgan fingerprint density at radius 3 is 2.26 bits per heavy atom. The Morgan fingerprint density at radius 2 is 1.60 bits per heavy atom. The fraction of sp³-hybridized carbons (Fsp3) is 0.192. The van der Waals surface area contributed by atoms with Crippen LogP contribution in [-0.2, 0) is 21.2 Å². The van der Waals surface area contributed by atoms with Gasteiger partial charge in [-0.2, -0.15) is 0 Å². The van der Waals surface area contributed by atoms with Gasteiger partial charge in [0.05, 0.1) is 21.7 Å². The van der Waals surface area contributed by atoms with Crippen molar-refractivity contribution in [1.29, 1.82) is 0 Å². The van der Waals surface area contributed by atoms with Gasteiger partial charge in [-0.15, -0.1) is 0 Å². The van der Waals surface area contributed by atoms with E-state index >= 15 is 0 Å². The molecule has 0 fully saturated rings. The standard InChI is InChI=1S/C26H23N3O5S/c1-17-8-11-20(12-9-17)35(33,34)29-14-4-5-18-15-19(10-13-23(18)29)27-24(30)16-28-25(31)21-6-2-3-7-22(21)26(28)32/h2-3,6-13,15H,4-5,14,16H2,1H3,(H,27,30). The van der Waals surface area contributed by atoms with E-state index in [1.165, 1.54) is 4.31 Å². The van der Waals surface area contributed by atoms with Crippen LogP contribution in [0, 0.1) is 6.92 Å². The minimum Gasteiger partial charge on any atom is -0.325 e. The lowest BCUT2D eigenvalue weighted by atomic mass is 10.0. The summed E-state index contributed by atoms with van der Waals surface area (Å²) in [6, 6.07) is 18.3. The van der Waals surface area contributed by atoms with Gasteiger partial charge in [0.15, 0.2) is 0 Å². The molecule has 35 heavy (non-hydrogen) atoms. The van der Waals surface area contributed by atoms with Crippen molar-refractivity contribution in [1.82, 2.24) is 4.90 Å². The number of rotatable bonds is 5. The smallest absolute Gasteiger partial charge is 0.264 e. The van der Waals surface area contributed by atoms with E-state index in [1.54, 1.807) is 66.7 Å². The van der Waals surface area contributed by atoms with Crippen molar-refractivity contribution in [2.75, 3.05) is 22.7 Å². The number of benzene rings is 3. The van der Waals surface area contributed by atoms with Crippen molar-refractivity contribution in [3.8, 4) is 0 Å². The molecule has 0 bridgehead atoms.